The lowest BCUT2D eigenvalue weighted by molar-refractivity contribution is -0.114. The summed E-state index contributed by atoms with van der Waals surface area (Å²) in [5, 5.41) is 4.07. The standard InChI is InChI=1S/C26H25N5O2/c1-3-18-6-4-7-19(16-18)29-26-24-21(27-17-28-26)10-11-22-25(24)33-15-14-31(22)23(32)12-9-20-8-5-13-30(20)2/h1,4,6-7,9-12,16-17,20H,5,8,13-15H2,2H3,(H,27,28,29)/b12-9+. The average Bonchev–Trinajstić information content (AvgIpc) is 3.26. The van der Waals surface area contributed by atoms with Gasteiger partial charge in [0, 0.05) is 23.4 Å². The van der Waals surface area contributed by atoms with E-state index >= 15 is 0 Å². The molecule has 0 spiro atoms. The predicted octanol–water partition coefficient (Wildman–Crippen LogP) is 3.73. The first-order chi connectivity index (χ1) is 16.1. The van der Waals surface area contributed by atoms with Crippen LogP contribution in [-0.4, -0.2) is 53.6 Å². The molecule has 5 rings (SSSR count). The quantitative estimate of drug-likeness (QED) is 0.493. The summed E-state index contributed by atoms with van der Waals surface area (Å²) < 4.78 is 6.06. The maximum atomic E-state index is 13.1. The molecule has 2 aromatic carbocycles. The number of hydrogen-bond donors (Lipinski definition) is 1. The maximum Gasteiger partial charge on any atom is 0.250 e. The molecule has 33 heavy (non-hydrogen) atoms. The fourth-order valence-corrected chi connectivity index (χ4v) is 4.44. The monoisotopic (exact) mass is 439 g/mol. The molecule has 1 amide bonds. The number of anilines is 3. The van der Waals surface area contributed by atoms with Gasteiger partial charge in [0.15, 0.2) is 5.75 Å². The van der Waals surface area contributed by atoms with Gasteiger partial charge in [-0.2, -0.15) is 0 Å². The Labute approximate surface area is 193 Å². The Morgan fingerprint density at radius 1 is 1.27 bits per heavy atom. The molecule has 2 aliphatic heterocycles. The van der Waals surface area contributed by atoms with Gasteiger partial charge in [0.2, 0.25) is 0 Å². The number of rotatable bonds is 4. The molecule has 3 aromatic rings. The average molecular weight is 440 g/mol. The first kappa shape index (κ1) is 21.0. The van der Waals surface area contributed by atoms with E-state index in [1.54, 1.807) is 11.0 Å². The summed E-state index contributed by atoms with van der Waals surface area (Å²) in [4.78, 5) is 26.0. The van der Waals surface area contributed by atoms with Gasteiger partial charge in [0.05, 0.1) is 23.1 Å². The molecule has 3 heterocycles. The second-order valence-corrected chi connectivity index (χ2v) is 8.27. The van der Waals surface area contributed by atoms with E-state index in [1.807, 2.05) is 42.5 Å². The number of terminal acetylenes is 1. The van der Waals surface area contributed by atoms with Gasteiger partial charge in [0.25, 0.3) is 5.91 Å². The van der Waals surface area contributed by atoms with E-state index in [4.69, 9.17) is 11.2 Å². The Kier molecular flexibility index (Phi) is 5.68. The predicted molar refractivity (Wildman–Crippen MR) is 130 cm³/mol. The zero-order valence-corrected chi connectivity index (χ0v) is 18.5. The van der Waals surface area contributed by atoms with Crippen LogP contribution in [0.1, 0.15) is 18.4 Å². The largest absolute Gasteiger partial charge is 0.489 e. The number of carbonyl (C=O) groups excluding carboxylic acids is 1. The topological polar surface area (TPSA) is 70.6 Å². The smallest absolute Gasteiger partial charge is 0.250 e. The first-order valence-corrected chi connectivity index (χ1v) is 11.1. The van der Waals surface area contributed by atoms with E-state index in [0.29, 0.717) is 30.8 Å². The zero-order valence-electron chi connectivity index (χ0n) is 18.5. The van der Waals surface area contributed by atoms with Crippen molar-refractivity contribution in [2.75, 3.05) is 37.0 Å². The Bertz CT molecular complexity index is 1280. The number of nitrogens with one attached hydrogen (secondary N) is 1. The van der Waals surface area contributed by atoms with Crippen molar-refractivity contribution in [1.82, 2.24) is 14.9 Å². The van der Waals surface area contributed by atoms with Gasteiger partial charge in [0.1, 0.15) is 18.8 Å². The number of hydrogen-bond acceptors (Lipinski definition) is 6. The Morgan fingerprint density at radius 2 is 2.18 bits per heavy atom. The van der Waals surface area contributed by atoms with Crippen LogP contribution in [0, 0.1) is 12.3 Å². The van der Waals surface area contributed by atoms with E-state index in [1.165, 1.54) is 6.33 Å². The van der Waals surface area contributed by atoms with Crippen molar-refractivity contribution >= 4 is 34.0 Å². The molecule has 166 valence electrons. The number of ether oxygens (including phenoxy) is 1. The van der Waals surface area contributed by atoms with Crippen LogP contribution in [0.4, 0.5) is 17.2 Å². The van der Waals surface area contributed by atoms with Gasteiger partial charge in [-0.1, -0.05) is 18.1 Å². The highest BCUT2D eigenvalue weighted by Crippen LogP contribution is 2.41. The molecule has 7 nitrogen and oxygen atoms in total. The Balaban J connectivity index is 1.50. The summed E-state index contributed by atoms with van der Waals surface area (Å²) >= 11 is 0. The van der Waals surface area contributed by atoms with E-state index in [0.717, 1.165) is 47.2 Å². The lowest BCUT2D eigenvalue weighted by atomic mass is 10.1. The molecule has 1 unspecified atom stereocenters. The third kappa shape index (κ3) is 4.13. The zero-order chi connectivity index (χ0) is 22.8. The lowest BCUT2D eigenvalue weighted by Gasteiger charge is -2.30. The Morgan fingerprint density at radius 3 is 3.00 bits per heavy atom. The van der Waals surface area contributed by atoms with Crippen molar-refractivity contribution in [3.05, 3.63) is 60.4 Å². The number of aromatic nitrogens is 2. The SMILES string of the molecule is C#Cc1cccc(Nc2ncnc3ccc4c(c23)OCCN4C(=O)/C=C/C2CCCN2C)c1. The minimum atomic E-state index is -0.0488. The van der Waals surface area contributed by atoms with Crippen LogP contribution in [0.3, 0.4) is 0 Å². The summed E-state index contributed by atoms with van der Waals surface area (Å²) in [7, 11) is 2.09. The maximum absolute atomic E-state index is 13.1. The van der Waals surface area contributed by atoms with Crippen LogP contribution in [0.5, 0.6) is 5.75 Å². The van der Waals surface area contributed by atoms with Crippen molar-refractivity contribution < 1.29 is 9.53 Å². The van der Waals surface area contributed by atoms with Crippen LogP contribution in [0.2, 0.25) is 0 Å². The number of nitrogens with zero attached hydrogens (tertiary/aromatic N) is 4. The summed E-state index contributed by atoms with van der Waals surface area (Å²) in [5.41, 5.74) is 3.04. The molecular weight excluding hydrogens is 414 g/mol. The highest BCUT2D eigenvalue weighted by Gasteiger charge is 2.27. The van der Waals surface area contributed by atoms with Crippen LogP contribution in [0.15, 0.2) is 54.9 Å². The molecule has 0 aliphatic carbocycles. The van der Waals surface area contributed by atoms with Gasteiger partial charge >= 0.3 is 0 Å². The fraction of sp³-hybridized carbons (Fsp3) is 0.269. The number of carbonyl (C=O) groups is 1. The van der Waals surface area contributed by atoms with Crippen LogP contribution < -0.4 is 15.0 Å². The molecule has 1 atom stereocenters. The Hall–Kier alpha value is -3.89. The molecular formula is C26H25N5O2. The minimum absolute atomic E-state index is 0.0488. The molecule has 1 fully saturated rings. The van der Waals surface area contributed by atoms with Crippen molar-refractivity contribution in [2.45, 2.75) is 18.9 Å². The number of likely N-dealkylation sites (tertiary alicyclic amines) is 1. The molecule has 0 radical (unpaired) electrons. The summed E-state index contributed by atoms with van der Waals surface area (Å²) in [5.74, 6) is 3.80. The van der Waals surface area contributed by atoms with Crippen molar-refractivity contribution in [3.63, 3.8) is 0 Å². The van der Waals surface area contributed by atoms with Gasteiger partial charge in [-0.15, -0.1) is 6.42 Å². The molecule has 1 N–H and O–H groups in total. The van der Waals surface area contributed by atoms with Crippen LogP contribution >= 0.6 is 0 Å². The molecule has 1 saturated heterocycles. The molecule has 1 aromatic heterocycles. The second kappa shape index (κ2) is 8.93. The van der Waals surface area contributed by atoms with E-state index in [-0.39, 0.29) is 5.91 Å². The van der Waals surface area contributed by atoms with E-state index < -0.39 is 0 Å². The highest BCUT2D eigenvalue weighted by atomic mass is 16.5. The minimum Gasteiger partial charge on any atom is -0.489 e. The van der Waals surface area contributed by atoms with Crippen LogP contribution in [0.25, 0.3) is 10.9 Å². The van der Waals surface area contributed by atoms with Crippen molar-refractivity contribution in [1.29, 1.82) is 0 Å². The van der Waals surface area contributed by atoms with Crippen molar-refractivity contribution in [2.24, 2.45) is 0 Å². The highest BCUT2D eigenvalue weighted by molar-refractivity contribution is 6.07. The van der Waals surface area contributed by atoms with E-state index in [9.17, 15) is 4.79 Å². The normalized spacial score (nSPS) is 18.2. The molecule has 0 bridgehead atoms. The van der Waals surface area contributed by atoms with Gasteiger partial charge in [-0.3, -0.25) is 9.69 Å². The van der Waals surface area contributed by atoms with Crippen LogP contribution in [-0.2, 0) is 4.79 Å². The third-order valence-corrected chi connectivity index (χ3v) is 6.18. The number of likely N-dealkylation sites (N-methyl/N-ethyl adjacent to an activating group) is 1. The molecule has 2 aliphatic rings. The van der Waals surface area contributed by atoms with Gasteiger partial charge < -0.3 is 15.0 Å². The van der Waals surface area contributed by atoms with Gasteiger partial charge in [-0.05, 0) is 56.8 Å². The third-order valence-electron chi connectivity index (χ3n) is 6.18. The summed E-state index contributed by atoms with van der Waals surface area (Å²) in [6.07, 6.45) is 13.0. The van der Waals surface area contributed by atoms with E-state index in [2.05, 4.69) is 33.2 Å². The van der Waals surface area contributed by atoms with Crippen molar-refractivity contribution in [3.8, 4) is 18.1 Å². The van der Waals surface area contributed by atoms with Gasteiger partial charge in [-0.25, -0.2) is 9.97 Å². The molecule has 7 heteroatoms. The second-order valence-electron chi connectivity index (χ2n) is 8.27. The lowest BCUT2D eigenvalue weighted by Crippen LogP contribution is -2.37. The fourth-order valence-electron chi connectivity index (χ4n) is 4.44. The number of amides is 1. The number of benzene rings is 2. The summed E-state index contributed by atoms with van der Waals surface area (Å²) in [6, 6.07) is 11.7. The first-order valence-electron chi connectivity index (χ1n) is 11.1. The molecule has 0 saturated carbocycles. The number of fused-ring (bicyclic) bond motifs is 3. The summed E-state index contributed by atoms with van der Waals surface area (Å²) in [6.45, 7) is 1.95.